The Morgan fingerprint density at radius 3 is 2.74 bits per heavy atom. The number of aliphatic imine (C=N–C) groups is 1. The molecule has 0 saturated carbocycles. The third kappa shape index (κ3) is 7.03. The lowest BCUT2D eigenvalue weighted by molar-refractivity contribution is -0.116. The fourth-order valence-corrected chi connectivity index (χ4v) is 2.63. The molecule has 0 bridgehead atoms. The van der Waals surface area contributed by atoms with E-state index in [2.05, 4.69) is 43.4 Å². The molecule has 1 amide bonds. The summed E-state index contributed by atoms with van der Waals surface area (Å²) in [4.78, 5) is 18.4. The van der Waals surface area contributed by atoms with Crippen LogP contribution in [-0.4, -0.2) is 44.0 Å². The number of halogens is 1. The largest absolute Gasteiger partial charge is 0.356 e. The molecule has 2 N–H and O–H groups in total. The lowest BCUT2D eigenvalue weighted by Gasteiger charge is -2.21. The van der Waals surface area contributed by atoms with Gasteiger partial charge in [0.05, 0.1) is 0 Å². The van der Waals surface area contributed by atoms with Gasteiger partial charge in [0.1, 0.15) is 0 Å². The highest BCUT2D eigenvalue weighted by Crippen LogP contribution is 2.19. The molecule has 0 heterocycles. The number of nitrogens with one attached hydrogen (secondary N) is 2. The van der Waals surface area contributed by atoms with Crippen molar-refractivity contribution in [1.82, 2.24) is 10.2 Å². The maximum atomic E-state index is 12.0. The Morgan fingerprint density at radius 1 is 1.39 bits per heavy atom. The van der Waals surface area contributed by atoms with Gasteiger partial charge in [-0.25, -0.2) is 0 Å². The summed E-state index contributed by atoms with van der Waals surface area (Å²) in [7, 11) is 3.77. The first kappa shape index (κ1) is 19.5. The molecule has 23 heavy (non-hydrogen) atoms. The van der Waals surface area contributed by atoms with Crippen molar-refractivity contribution in [3.05, 3.63) is 28.2 Å². The summed E-state index contributed by atoms with van der Waals surface area (Å²) in [6.45, 7) is 5.66. The summed E-state index contributed by atoms with van der Waals surface area (Å²) in [6.07, 6.45) is 2.67. The molecule has 5 nitrogen and oxygen atoms in total. The Bertz CT molecular complexity index is 545. The van der Waals surface area contributed by atoms with Crippen molar-refractivity contribution in [2.45, 2.75) is 33.1 Å². The molecular weight excluding hydrogens is 356 g/mol. The number of hydrogen-bond donors (Lipinski definition) is 2. The predicted octanol–water partition coefficient (Wildman–Crippen LogP) is 3.39. The van der Waals surface area contributed by atoms with Gasteiger partial charge in [0.2, 0.25) is 5.91 Å². The van der Waals surface area contributed by atoms with Crippen LogP contribution in [0.5, 0.6) is 0 Å². The normalized spacial score (nSPS) is 11.3. The predicted molar refractivity (Wildman–Crippen MR) is 101 cm³/mol. The third-order valence-corrected chi connectivity index (χ3v) is 4.01. The Kier molecular flexibility index (Phi) is 8.69. The van der Waals surface area contributed by atoms with E-state index in [4.69, 9.17) is 0 Å². The standard InChI is InChI=1S/C17H27BrN4O/c1-5-6-11-22(4)17(19-3)20-10-9-16(23)21-15-8-7-14(18)12-13(15)2/h7-8,12H,5-6,9-11H2,1-4H3,(H,19,20)(H,21,23). The number of guanidine groups is 1. The van der Waals surface area contributed by atoms with E-state index in [9.17, 15) is 4.79 Å². The SMILES string of the molecule is CCCCN(C)C(=NC)NCCC(=O)Nc1ccc(Br)cc1C. The first-order valence-corrected chi connectivity index (χ1v) is 8.75. The van der Waals surface area contributed by atoms with Gasteiger partial charge in [0.25, 0.3) is 0 Å². The number of aryl methyl sites for hydroxylation is 1. The number of amides is 1. The van der Waals surface area contributed by atoms with Crippen LogP contribution in [0, 0.1) is 6.92 Å². The van der Waals surface area contributed by atoms with E-state index >= 15 is 0 Å². The van der Waals surface area contributed by atoms with Crippen LogP contribution in [0.4, 0.5) is 5.69 Å². The first-order valence-electron chi connectivity index (χ1n) is 7.95. The number of hydrogen-bond acceptors (Lipinski definition) is 2. The molecule has 0 spiro atoms. The van der Waals surface area contributed by atoms with Crippen molar-refractivity contribution in [2.24, 2.45) is 4.99 Å². The molecule has 0 unspecified atom stereocenters. The molecule has 0 fully saturated rings. The van der Waals surface area contributed by atoms with Gasteiger partial charge in [-0.2, -0.15) is 0 Å². The minimum atomic E-state index is -0.00501. The molecule has 0 aliphatic rings. The fraction of sp³-hybridized carbons (Fsp3) is 0.529. The molecule has 0 aliphatic heterocycles. The average Bonchev–Trinajstić information content (AvgIpc) is 2.52. The summed E-state index contributed by atoms with van der Waals surface area (Å²) >= 11 is 3.42. The minimum Gasteiger partial charge on any atom is -0.356 e. The fourth-order valence-electron chi connectivity index (χ4n) is 2.15. The monoisotopic (exact) mass is 382 g/mol. The van der Waals surface area contributed by atoms with Crippen LogP contribution >= 0.6 is 15.9 Å². The molecule has 0 aromatic heterocycles. The number of nitrogens with zero attached hydrogens (tertiary/aromatic N) is 2. The molecule has 0 saturated heterocycles. The van der Waals surface area contributed by atoms with Crippen molar-refractivity contribution >= 4 is 33.5 Å². The van der Waals surface area contributed by atoms with Crippen molar-refractivity contribution in [3.8, 4) is 0 Å². The molecule has 1 aromatic rings. The van der Waals surface area contributed by atoms with Crippen LogP contribution in [-0.2, 0) is 4.79 Å². The van der Waals surface area contributed by atoms with Crippen LogP contribution in [0.15, 0.2) is 27.7 Å². The van der Waals surface area contributed by atoms with Gasteiger partial charge in [-0.1, -0.05) is 29.3 Å². The molecule has 1 aromatic carbocycles. The van der Waals surface area contributed by atoms with Crippen molar-refractivity contribution in [3.63, 3.8) is 0 Å². The second-order valence-electron chi connectivity index (χ2n) is 5.51. The Balaban J connectivity index is 2.40. The zero-order valence-electron chi connectivity index (χ0n) is 14.4. The maximum absolute atomic E-state index is 12.0. The van der Waals surface area contributed by atoms with E-state index in [1.165, 1.54) is 0 Å². The zero-order valence-corrected chi connectivity index (χ0v) is 16.0. The molecule has 0 aliphatic carbocycles. The summed E-state index contributed by atoms with van der Waals surface area (Å²) in [5.74, 6) is 0.820. The van der Waals surface area contributed by atoms with E-state index in [0.717, 1.165) is 41.1 Å². The van der Waals surface area contributed by atoms with E-state index in [1.54, 1.807) is 7.05 Å². The number of rotatable bonds is 7. The summed E-state index contributed by atoms with van der Waals surface area (Å²) in [5, 5.41) is 6.17. The van der Waals surface area contributed by atoms with Crippen LogP contribution in [0.1, 0.15) is 31.7 Å². The van der Waals surface area contributed by atoms with E-state index in [-0.39, 0.29) is 5.91 Å². The number of anilines is 1. The Labute approximate surface area is 147 Å². The minimum absolute atomic E-state index is 0.00501. The zero-order chi connectivity index (χ0) is 17.2. The topological polar surface area (TPSA) is 56.7 Å². The van der Waals surface area contributed by atoms with Crippen LogP contribution in [0.2, 0.25) is 0 Å². The first-order chi connectivity index (χ1) is 11.0. The van der Waals surface area contributed by atoms with E-state index in [1.807, 2.05) is 32.2 Å². The van der Waals surface area contributed by atoms with E-state index in [0.29, 0.717) is 13.0 Å². The maximum Gasteiger partial charge on any atom is 0.226 e. The van der Waals surface area contributed by atoms with Crippen molar-refractivity contribution in [1.29, 1.82) is 0 Å². The molecule has 1 rings (SSSR count). The van der Waals surface area contributed by atoms with E-state index < -0.39 is 0 Å². The van der Waals surface area contributed by atoms with Crippen LogP contribution in [0.3, 0.4) is 0 Å². The second kappa shape index (κ2) is 10.3. The van der Waals surface area contributed by atoms with Gasteiger partial charge >= 0.3 is 0 Å². The van der Waals surface area contributed by atoms with Crippen LogP contribution < -0.4 is 10.6 Å². The Morgan fingerprint density at radius 2 is 2.13 bits per heavy atom. The highest BCUT2D eigenvalue weighted by atomic mass is 79.9. The highest BCUT2D eigenvalue weighted by molar-refractivity contribution is 9.10. The molecular formula is C17H27BrN4O. The quantitative estimate of drug-likeness (QED) is 0.561. The van der Waals surface area contributed by atoms with Gasteiger partial charge in [-0.3, -0.25) is 9.79 Å². The number of unbranched alkanes of at least 4 members (excludes halogenated alkanes) is 1. The average molecular weight is 383 g/mol. The highest BCUT2D eigenvalue weighted by Gasteiger charge is 2.08. The summed E-state index contributed by atoms with van der Waals surface area (Å²) < 4.78 is 1.01. The summed E-state index contributed by atoms with van der Waals surface area (Å²) in [5.41, 5.74) is 1.89. The number of benzene rings is 1. The Hall–Kier alpha value is -1.56. The number of carbonyl (C=O) groups excluding carboxylic acids is 1. The second-order valence-corrected chi connectivity index (χ2v) is 6.42. The van der Waals surface area contributed by atoms with Crippen molar-refractivity contribution in [2.75, 3.05) is 32.5 Å². The third-order valence-electron chi connectivity index (χ3n) is 3.52. The van der Waals surface area contributed by atoms with Gasteiger partial charge in [-0.05, 0) is 37.1 Å². The van der Waals surface area contributed by atoms with Gasteiger partial charge in [0.15, 0.2) is 5.96 Å². The molecule has 0 atom stereocenters. The summed E-state index contributed by atoms with van der Waals surface area (Å²) in [6, 6.07) is 5.81. The number of carbonyl (C=O) groups is 1. The van der Waals surface area contributed by atoms with Crippen molar-refractivity contribution < 1.29 is 4.79 Å². The van der Waals surface area contributed by atoms with Gasteiger partial charge in [-0.15, -0.1) is 0 Å². The lowest BCUT2D eigenvalue weighted by atomic mass is 10.2. The van der Waals surface area contributed by atoms with Gasteiger partial charge < -0.3 is 15.5 Å². The van der Waals surface area contributed by atoms with Crippen LogP contribution in [0.25, 0.3) is 0 Å². The lowest BCUT2D eigenvalue weighted by Crippen LogP contribution is -2.40. The molecule has 0 radical (unpaired) electrons. The smallest absolute Gasteiger partial charge is 0.226 e. The molecule has 6 heteroatoms. The van der Waals surface area contributed by atoms with Gasteiger partial charge in [0, 0.05) is 43.8 Å². The molecule has 128 valence electrons.